The molecule has 2 unspecified atom stereocenters. The van der Waals surface area contributed by atoms with Crippen LogP contribution in [0.1, 0.15) is 44.4 Å². The largest absolute Gasteiger partial charge is 0.392 e. The smallest absolute Gasteiger partial charge is 0.0714 e. The van der Waals surface area contributed by atoms with Gasteiger partial charge >= 0.3 is 0 Å². The van der Waals surface area contributed by atoms with Gasteiger partial charge in [0, 0.05) is 28.3 Å². The summed E-state index contributed by atoms with van der Waals surface area (Å²) in [4.78, 5) is 4.44. The zero-order valence-electron chi connectivity index (χ0n) is 10.8. The van der Waals surface area contributed by atoms with Gasteiger partial charge in [0.05, 0.1) is 6.10 Å². The van der Waals surface area contributed by atoms with Gasteiger partial charge in [-0.05, 0) is 24.5 Å². The lowest BCUT2D eigenvalue weighted by Gasteiger charge is -2.23. The first-order valence-corrected chi connectivity index (χ1v) is 7.22. The number of hydrogen-bond acceptors (Lipinski definition) is 3. The number of aryl methyl sites for hydroxylation is 1. The molecule has 0 aromatic carbocycles. The van der Waals surface area contributed by atoms with Crippen LogP contribution in [0.25, 0.3) is 0 Å². The van der Waals surface area contributed by atoms with E-state index in [9.17, 15) is 5.11 Å². The average Bonchev–Trinajstić information content (AvgIpc) is 2.68. The molecule has 2 nitrogen and oxygen atoms in total. The van der Waals surface area contributed by atoms with Crippen molar-refractivity contribution in [2.24, 2.45) is 0 Å². The van der Waals surface area contributed by atoms with Crippen LogP contribution in [0.4, 0.5) is 0 Å². The summed E-state index contributed by atoms with van der Waals surface area (Å²) in [6.45, 7) is 6.56. The maximum atomic E-state index is 10.3. The summed E-state index contributed by atoms with van der Waals surface area (Å²) in [6.07, 6.45) is 3.67. The number of fused-ring (bicyclic) bond motifs is 1. The molecule has 94 valence electrons. The van der Waals surface area contributed by atoms with Crippen LogP contribution in [0, 0.1) is 0 Å². The van der Waals surface area contributed by atoms with Gasteiger partial charge in [0.25, 0.3) is 0 Å². The number of aliphatic hydroxyl groups excluding tert-OH is 1. The van der Waals surface area contributed by atoms with Crippen molar-refractivity contribution >= 4 is 11.8 Å². The van der Waals surface area contributed by atoms with Crippen molar-refractivity contribution in [1.82, 2.24) is 4.98 Å². The Bertz CT molecular complexity index is 386. The first-order chi connectivity index (χ1) is 7.97. The van der Waals surface area contributed by atoms with Crippen molar-refractivity contribution in [3.05, 3.63) is 29.6 Å². The van der Waals surface area contributed by atoms with E-state index in [-0.39, 0.29) is 16.8 Å². The Morgan fingerprint density at radius 2 is 2.29 bits per heavy atom. The third kappa shape index (κ3) is 3.23. The molecule has 0 saturated heterocycles. The predicted octanol–water partition coefficient (Wildman–Crippen LogP) is 3.00. The lowest BCUT2D eigenvalue weighted by Crippen LogP contribution is -2.23. The molecule has 0 aliphatic heterocycles. The number of hydrogen-bond donors (Lipinski definition) is 1. The van der Waals surface area contributed by atoms with Gasteiger partial charge in [0.2, 0.25) is 0 Å². The molecule has 0 bridgehead atoms. The molecule has 0 fully saturated rings. The number of nitrogens with zero attached hydrogens (tertiary/aromatic N) is 1. The van der Waals surface area contributed by atoms with Crippen LogP contribution in [0.5, 0.6) is 0 Å². The monoisotopic (exact) mass is 251 g/mol. The minimum absolute atomic E-state index is 0.215. The number of aromatic nitrogens is 1. The Hall–Kier alpha value is -0.540. The van der Waals surface area contributed by atoms with E-state index < -0.39 is 0 Å². The third-order valence-corrected chi connectivity index (χ3v) is 4.53. The molecule has 1 aromatic rings. The number of rotatable bonds is 3. The van der Waals surface area contributed by atoms with Crippen LogP contribution < -0.4 is 0 Å². The Kier molecular flexibility index (Phi) is 3.79. The molecule has 1 N–H and O–H groups in total. The normalized spacial score (nSPS) is 21.3. The Labute approximate surface area is 108 Å². The van der Waals surface area contributed by atoms with Gasteiger partial charge in [0.15, 0.2) is 0 Å². The van der Waals surface area contributed by atoms with Crippen LogP contribution in [0.2, 0.25) is 0 Å². The molecule has 3 heteroatoms. The van der Waals surface area contributed by atoms with E-state index in [0.717, 1.165) is 24.3 Å². The van der Waals surface area contributed by atoms with Crippen LogP contribution in [0.15, 0.2) is 18.3 Å². The summed E-state index contributed by atoms with van der Waals surface area (Å²) in [5, 5.41) is 10.3. The van der Waals surface area contributed by atoms with Gasteiger partial charge in [-0.3, -0.25) is 4.98 Å². The summed E-state index contributed by atoms with van der Waals surface area (Å²) in [5.74, 6) is 1.03. The molecular weight excluding hydrogens is 230 g/mol. The van der Waals surface area contributed by atoms with Gasteiger partial charge in [0.1, 0.15) is 0 Å². The summed E-state index contributed by atoms with van der Waals surface area (Å²) in [6, 6.07) is 4.11. The Morgan fingerprint density at radius 1 is 1.53 bits per heavy atom. The molecule has 0 saturated carbocycles. The molecule has 17 heavy (non-hydrogen) atoms. The summed E-state index contributed by atoms with van der Waals surface area (Å²) >= 11 is 1.83. The van der Waals surface area contributed by atoms with E-state index in [1.165, 1.54) is 5.56 Å². The third-order valence-electron chi connectivity index (χ3n) is 3.15. The summed E-state index contributed by atoms with van der Waals surface area (Å²) in [5.41, 5.74) is 2.44. The quantitative estimate of drug-likeness (QED) is 0.896. The molecule has 0 amide bonds. The van der Waals surface area contributed by atoms with E-state index in [4.69, 9.17) is 0 Å². The van der Waals surface area contributed by atoms with Gasteiger partial charge in [-0.15, -0.1) is 0 Å². The fourth-order valence-electron chi connectivity index (χ4n) is 2.27. The van der Waals surface area contributed by atoms with Crippen molar-refractivity contribution < 1.29 is 5.11 Å². The lowest BCUT2D eigenvalue weighted by atomic mass is 10.0. The molecule has 1 heterocycles. The lowest BCUT2D eigenvalue weighted by molar-refractivity contribution is 0.165. The fourth-order valence-corrected chi connectivity index (χ4v) is 3.17. The predicted molar refractivity (Wildman–Crippen MR) is 73.5 cm³/mol. The molecule has 2 rings (SSSR count). The van der Waals surface area contributed by atoms with Crippen molar-refractivity contribution in [3.63, 3.8) is 0 Å². The second-order valence-corrected chi connectivity index (χ2v) is 7.53. The first-order valence-electron chi connectivity index (χ1n) is 6.23. The molecule has 1 aliphatic carbocycles. The SMILES string of the molecule is CC(C)(C)SCC(O)C1CCc2cccnc21. The minimum Gasteiger partial charge on any atom is -0.392 e. The molecule has 1 aliphatic rings. The fraction of sp³-hybridized carbons (Fsp3) is 0.643. The van der Waals surface area contributed by atoms with Crippen LogP contribution in [0.3, 0.4) is 0 Å². The van der Waals surface area contributed by atoms with E-state index in [2.05, 4.69) is 31.8 Å². The highest BCUT2D eigenvalue weighted by Gasteiger charge is 2.30. The van der Waals surface area contributed by atoms with Gasteiger partial charge in [-0.1, -0.05) is 26.8 Å². The summed E-state index contributed by atoms with van der Waals surface area (Å²) in [7, 11) is 0. The maximum Gasteiger partial charge on any atom is 0.0714 e. The highest BCUT2D eigenvalue weighted by Crippen LogP contribution is 2.36. The van der Waals surface area contributed by atoms with Crippen LogP contribution in [-0.4, -0.2) is 26.7 Å². The van der Waals surface area contributed by atoms with Gasteiger partial charge in [-0.25, -0.2) is 0 Å². The number of thioether (sulfide) groups is 1. The van der Waals surface area contributed by atoms with Crippen molar-refractivity contribution in [2.75, 3.05) is 5.75 Å². The van der Waals surface area contributed by atoms with Crippen LogP contribution >= 0.6 is 11.8 Å². The highest BCUT2D eigenvalue weighted by atomic mass is 32.2. The van der Waals surface area contributed by atoms with E-state index in [0.29, 0.717) is 0 Å². The molecular formula is C14H21NOS. The second-order valence-electron chi connectivity index (χ2n) is 5.68. The molecule has 0 spiro atoms. The van der Waals surface area contributed by atoms with Crippen LogP contribution in [-0.2, 0) is 6.42 Å². The molecule has 2 atom stereocenters. The zero-order valence-corrected chi connectivity index (χ0v) is 11.6. The van der Waals surface area contributed by atoms with Crippen molar-refractivity contribution in [2.45, 2.75) is 50.4 Å². The minimum atomic E-state index is -0.268. The molecule has 1 aromatic heterocycles. The highest BCUT2D eigenvalue weighted by molar-refractivity contribution is 8.00. The number of pyridine rings is 1. The standard InChI is InChI=1S/C14H21NOS/c1-14(2,3)17-9-12(16)11-7-6-10-5-4-8-15-13(10)11/h4-5,8,11-12,16H,6-7,9H2,1-3H3. The van der Waals surface area contributed by atoms with Gasteiger partial charge < -0.3 is 5.11 Å². The zero-order chi connectivity index (χ0) is 12.5. The van der Waals surface area contributed by atoms with E-state index in [1.807, 2.05) is 24.0 Å². The Balaban J connectivity index is 2.00. The van der Waals surface area contributed by atoms with Gasteiger partial charge in [-0.2, -0.15) is 11.8 Å². The molecule has 0 radical (unpaired) electrons. The van der Waals surface area contributed by atoms with E-state index >= 15 is 0 Å². The van der Waals surface area contributed by atoms with E-state index in [1.54, 1.807) is 0 Å². The topological polar surface area (TPSA) is 33.1 Å². The maximum absolute atomic E-state index is 10.3. The summed E-state index contributed by atoms with van der Waals surface area (Å²) < 4.78 is 0.215. The van der Waals surface area contributed by atoms with Crippen molar-refractivity contribution in [1.29, 1.82) is 0 Å². The average molecular weight is 251 g/mol. The van der Waals surface area contributed by atoms with Crippen molar-refractivity contribution in [3.8, 4) is 0 Å². The first kappa shape index (κ1) is 12.9. The Morgan fingerprint density at radius 3 is 3.00 bits per heavy atom. The second kappa shape index (κ2) is 4.99. The number of aliphatic hydroxyl groups is 1.